The van der Waals surface area contributed by atoms with Gasteiger partial charge in [-0.05, 0) is 30.7 Å². The van der Waals surface area contributed by atoms with E-state index in [1.54, 1.807) is 6.20 Å². The Bertz CT molecular complexity index is 947. The zero-order chi connectivity index (χ0) is 20.1. The molecule has 8 nitrogen and oxygen atoms in total. The first-order valence-electron chi connectivity index (χ1n) is 9.81. The predicted molar refractivity (Wildman–Crippen MR) is 130 cm³/mol. The van der Waals surface area contributed by atoms with Gasteiger partial charge < -0.3 is 15.1 Å². The van der Waals surface area contributed by atoms with E-state index in [9.17, 15) is 0 Å². The van der Waals surface area contributed by atoms with Gasteiger partial charge in [-0.3, -0.25) is 9.56 Å². The van der Waals surface area contributed by atoms with Gasteiger partial charge in [-0.15, -0.1) is 24.0 Å². The number of aryl methyl sites for hydroxylation is 1. The summed E-state index contributed by atoms with van der Waals surface area (Å²) in [6.45, 7) is 6.33. The standard InChI is InChI=1S/C21H26N8.HI/c1-17-23-9-10-29(17)20-7-6-18(15-25-20)16-26-21(22-2)28-13-11-27(12-14-28)19-5-3-4-8-24-19;/h3-10,15H,11-14,16H2,1-2H3,(H,22,26);1H. The van der Waals surface area contributed by atoms with E-state index >= 15 is 0 Å². The summed E-state index contributed by atoms with van der Waals surface area (Å²) in [4.78, 5) is 22.3. The molecular weight excluding hydrogens is 491 g/mol. The van der Waals surface area contributed by atoms with Crippen LogP contribution in [0.5, 0.6) is 0 Å². The Hall–Kier alpha value is -2.69. The predicted octanol–water partition coefficient (Wildman–Crippen LogP) is 2.49. The lowest BCUT2D eigenvalue weighted by molar-refractivity contribution is 0.371. The maximum atomic E-state index is 4.56. The van der Waals surface area contributed by atoms with Crippen molar-refractivity contribution in [3.8, 4) is 5.82 Å². The molecule has 0 aliphatic carbocycles. The Morgan fingerprint density at radius 3 is 2.43 bits per heavy atom. The number of nitrogens with zero attached hydrogens (tertiary/aromatic N) is 7. The molecule has 1 fully saturated rings. The maximum Gasteiger partial charge on any atom is 0.194 e. The third-order valence-electron chi connectivity index (χ3n) is 5.10. The van der Waals surface area contributed by atoms with Crippen molar-refractivity contribution in [3.63, 3.8) is 0 Å². The van der Waals surface area contributed by atoms with Crippen molar-refractivity contribution in [2.45, 2.75) is 13.5 Å². The number of anilines is 1. The largest absolute Gasteiger partial charge is 0.353 e. The normalized spacial score (nSPS) is 14.4. The van der Waals surface area contributed by atoms with E-state index in [1.807, 2.05) is 55.3 Å². The number of hydrogen-bond donors (Lipinski definition) is 1. The number of hydrogen-bond acceptors (Lipinski definition) is 5. The minimum absolute atomic E-state index is 0. The van der Waals surface area contributed by atoms with Crippen molar-refractivity contribution in [1.82, 2.24) is 29.7 Å². The van der Waals surface area contributed by atoms with Gasteiger partial charge in [0.15, 0.2) is 5.96 Å². The van der Waals surface area contributed by atoms with Crippen LogP contribution >= 0.6 is 24.0 Å². The summed E-state index contributed by atoms with van der Waals surface area (Å²) in [6.07, 6.45) is 7.44. The average molecular weight is 518 g/mol. The summed E-state index contributed by atoms with van der Waals surface area (Å²) < 4.78 is 1.97. The fourth-order valence-corrected chi connectivity index (χ4v) is 3.49. The highest BCUT2D eigenvalue weighted by Crippen LogP contribution is 2.13. The van der Waals surface area contributed by atoms with Crippen LogP contribution in [0.3, 0.4) is 0 Å². The lowest BCUT2D eigenvalue weighted by atomic mass is 10.2. The topological polar surface area (TPSA) is 74.5 Å². The van der Waals surface area contributed by atoms with Gasteiger partial charge in [0.25, 0.3) is 0 Å². The minimum Gasteiger partial charge on any atom is -0.353 e. The van der Waals surface area contributed by atoms with Gasteiger partial charge >= 0.3 is 0 Å². The molecule has 0 atom stereocenters. The third-order valence-corrected chi connectivity index (χ3v) is 5.10. The molecule has 1 aliphatic rings. The molecule has 0 aromatic carbocycles. The third kappa shape index (κ3) is 5.07. The lowest BCUT2D eigenvalue weighted by Crippen LogP contribution is -2.52. The van der Waals surface area contributed by atoms with Crippen molar-refractivity contribution in [2.24, 2.45) is 4.99 Å². The Labute approximate surface area is 194 Å². The number of imidazole rings is 1. The second-order valence-electron chi connectivity index (χ2n) is 6.93. The number of pyridine rings is 2. The molecule has 0 saturated carbocycles. The minimum atomic E-state index is 0. The number of aromatic nitrogens is 4. The molecule has 4 heterocycles. The molecule has 158 valence electrons. The van der Waals surface area contributed by atoms with Crippen LogP contribution in [0.2, 0.25) is 0 Å². The Balaban J connectivity index is 0.00000256. The van der Waals surface area contributed by atoms with Crippen molar-refractivity contribution in [2.75, 3.05) is 38.1 Å². The zero-order valence-electron chi connectivity index (χ0n) is 17.3. The van der Waals surface area contributed by atoms with Crippen LogP contribution in [0.25, 0.3) is 5.82 Å². The van der Waals surface area contributed by atoms with Gasteiger partial charge in [0.2, 0.25) is 0 Å². The molecule has 4 rings (SSSR count). The molecule has 9 heteroatoms. The fourth-order valence-electron chi connectivity index (χ4n) is 3.49. The summed E-state index contributed by atoms with van der Waals surface area (Å²) in [7, 11) is 1.83. The van der Waals surface area contributed by atoms with Crippen LogP contribution in [-0.4, -0.2) is 63.6 Å². The molecule has 3 aromatic heterocycles. The highest BCUT2D eigenvalue weighted by molar-refractivity contribution is 14.0. The van der Waals surface area contributed by atoms with E-state index in [0.717, 1.165) is 55.2 Å². The molecule has 3 aromatic rings. The van der Waals surface area contributed by atoms with Crippen LogP contribution in [0, 0.1) is 6.92 Å². The van der Waals surface area contributed by atoms with Crippen LogP contribution in [0.4, 0.5) is 5.82 Å². The van der Waals surface area contributed by atoms with Gasteiger partial charge in [-0.2, -0.15) is 0 Å². The monoisotopic (exact) mass is 518 g/mol. The van der Waals surface area contributed by atoms with Gasteiger partial charge in [0.1, 0.15) is 17.5 Å². The van der Waals surface area contributed by atoms with E-state index in [2.05, 4.69) is 47.2 Å². The van der Waals surface area contributed by atoms with Crippen molar-refractivity contribution < 1.29 is 0 Å². The summed E-state index contributed by atoms with van der Waals surface area (Å²) in [5.41, 5.74) is 1.11. The average Bonchev–Trinajstić information content (AvgIpc) is 3.21. The molecule has 30 heavy (non-hydrogen) atoms. The van der Waals surface area contributed by atoms with Crippen molar-refractivity contribution >= 4 is 35.8 Å². The Morgan fingerprint density at radius 2 is 1.83 bits per heavy atom. The molecule has 0 radical (unpaired) electrons. The number of aliphatic imine (C=N–C) groups is 1. The SMILES string of the molecule is CN=C(NCc1ccc(-n2ccnc2C)nc1)N1CCN(c2ccccn2)CC1.I. The van der Waals surface area contributed by atoms with E-state index in [0.29, 0.717) is 6.54 Å². The molecule has 1 saturated heterocycles. The highest BCUT2D eigenvalue weighted by atomic mass is 127. The number of piperazine rings is 1. The van der Waals surface area contributed by atoms with Gasteiger partial charge in [0.05, 0.1) is 0 Å². The van der Waals surface area contributed by atoms with Gasteiger partial charge in [0, 0.05) is 64.6 Å². The summed E-state index contributed by atoms with van der Waals surface area (Å²) in [5.74, 6) is 3.75. The lowest BCUT2D eigenvalue weighted by Gasteiger charge is -2.37. The van der Waals surface area contributed by atoms with Crippen molar-refractivity contribution in [1.29, 1.82) is 0 Å². The van der Waals surface area contributed by atoms with Gasteiger partial charge in [-0.25, -0.2) is 15.0 Å². The molecule has 0 spiro atoms. The van der Waals surface area contributed by atoms with Gasteiger partial charge in [-0.1, -0.05) is 12.1 Å². The number of halogens is 1. The van der Waals surface area contributed by atoms with E-state index in [1.165, 1.54) is 0 Å². The Kier molecular flexibility index (Phi) is 7.61. The molecule has 1 aliphatic heterocycles. The van der Waals surface area contributed by atoms with E-state index < -0.39 is 0 Å². The zero-order valence-corrected chi connectivity index (χ0v) is 19.6. The molecule has 1 N–H and O–H groups in total. The first-order valence-corrected chi connectivity index (χ1v) is 9.81. The van der Waals surface area contributed by atoms with Crippen LogP contribution in [0.15, 0.2) is 60.1 Å². The summed E-state index contributed by atoms with van der Waals surface area (Å²) in [5, 5.41) is 3.46. The first kappa shape index (κ1) is 22.0. The number of guanidine groups is 1. The second kappa shape index (κ2) is 10.4. The quantitative estimate of drug-likeness (QED) is 0.325. The van der Waals surface area contributed by atoms with Crippen LogP contribution < -0.4 is 10.2 Å². The summed E-state index contributed by atoms with van der Waals surface area (Å²) >= 11 is 0. The second-order valence-corrected chi connectivity index (χ2v) is 6.93. The molecular formula is C21H27IN8. The van der Waals surface area contributed by atoms with Crippen LogP contribution in [0.1, 0.15) is 11.4 Å². The maximum absolute atomic E-state index is 4.56. The smallest absolute Gasteiger partial charge is 0.194 e. The van der Waals surface area contributed by atoms with E-state index in [-0.39, 0.29) is 24.0 Å². The van der Waals surface area contributed by atoms with Crippen molar-refractivity contribution in [3.05, 3.63) is 66.5 Å². The van der Waals surface area contributed by atoms with Crippen LogP contribution in [-0.2, 0) is 6.54 Å². The Morgan fingerprint density at radius 1 is 1.00 bits per heavy atom. The highest BCUT2D eigenvalue weighted by Gasteiger charge is 2.20. The van der Waals surface area contributed by atoms with E-state index in [4.69, 9.17) is 0 Å². The first-order chi connectivity index (χ1) is 14.2. The fraction of sp³-hybridized carbons (Fsp3) is 0.333. The molecule has 0 amide bonds. The molecule has 0 bridgehead atoms. The molecule has 0 unspecified atom stereocenters. The number of rotatable bonds is 4. The summed E-state index contributed by atoms with van der Waals surface area (Å²) in [6, 6.07) is 10.1. The number of nitrogens with one attached hydrogen (secondary N) is 1.